The van der Waals surface area contributed by atoms with Crippen molar-refractivity contribution in [1.82, 2.24) is 4.98 Å². The van der Waals surface area contributed by atoms with Crippen LogP contribution in [0.15, 0.2) is 41.3 Å². The van der Waals surface area contributed by atoms with E-state index in [4.69, 9.17) is 11.6 Å². The molecule has 0 spiro atoms. The van der Waals surface area contributed by atoms with E-state index in [1.807, 2.05) is 43.3 Å². The van der Waals surface area contributed by atoms with Crippen LogP contribution in [-0.2, 0) is 0 Å². The average molecular weight is 377 g/mol. The van der Waals surface area contributed by atoms with Crippen LogP contribution in [0.4, 0.5) is 5.13 Å². The lowest BCUT2D eigenvalue weighted by molar-refractivity contribution is 0.102. The van der Waals surface area contributed by atoms with E-state index < -0.39 is 0 Å². The van der Waals surface area contributed by atoms with Crippen molar-refractivity contribution >= 4 is 56.0 Å². The van der Waals surface area contributed by atoms with Crippen molar-refractivity contribution in [1.29, 1.82) is 0 Å². The zero-order valence-corrected chi connectivity index (χ0v) is 16.0. The van der Waals surface area contributed by atoms with Crippen LogP contribution in [0.1, 0.15) is 29.8 Å². The third-order valence-corrected chi connectivity index (χ3v) is 5.47. The van der Waals surface area contributed by atoms with Gasteiger partial charge in [-0.25, -0.2) is 4.98 Å². The summed E-state index contributed by atoms with van der Waals surface area (Å²) in [5.74, 6) is -0.149. The highest BCUT2D eigenvalue weighted by Crippen LogP contribution is 2.31. The number of fused-ring (bicyclic) bond motifs is 1. The van der Waals surface area contributed by atoms with E-state index in [0.717, 1.165) is 20.7 Å². The van der Waals surface area contributed by atoms with Crippen LogP contribution in [0.5, 0.6) is 0 Å². The number of hydrogen-bond acceptors (Lipinski definition) is 4. The molecule has 0 aliphatic carbocycles. The van der Waals surface area contributed by atoms with Gasteiger partial charge < -0.3 is 0 Å². The van der Waals surface area contributed by atoms with E-state index in [2.05, 4.69) is 24.1 Å². The molecule has 0 bridgehead atoms. The summed E-state index contributed by atoms with van der Waals surface area (Å²) in [6.07, 6.45) is 0. The van der Waals surface area contributed by atoms with Crippen LogP contribution in [0.25, 0.3) is 10.2 Å². The van der Waals surface area contributed by atoms with Gasteiger partial charge in [0.05, 0.1) is 10.2 Å². The normalized spacial score (nSPS) is 11.2. The Balaban J connectivity index is 1.83. The van der Waals surface area contributed by atoms with Gasteiger partial charge in [0, 0.05) is 20.7 Å². The van der Waals surface area contributed by atoms with Crippen LogP contribution in [0.3, 0.4) is 0 Å². The maximum atomic E-state index is 12.5. The molecule has 2 aromatic carbocycles. The summed E-state index contributed by atoms with van der Waals surface area (Å²) < 4.78 is 0.972. The van der Waals surface area contributed by atoms with Gasteiger partial charge in [0.2, 0.25) is 0 Å². The highest BCUT2D eigenvalue weighted by molar-refractivity contribution is 7.99. The maximum Gasteiger partial charge on any atom is 0.257 e. The first kappa shape index (κ1) is 17.3. The number of halogens is 1. The largest absolute Gasteiger partial charge is 0.298 e. The fraction of sp³-hybridized carbons (Fsp3) is 0.222. The number of nitrogens with one attached hydrogen (secondary N) is 1. The van der Waals surface area contributed by atoms with Crippen LogP contribution in [0, 0.1) is 6.92 Å². The third-order valence-electron chi connectivity index (χ3n) is 3.34. The van der Waals surface area contributed by atoms with Crippen molar-refractivity contribution in [2.45, 2.75) is 30.9 Å². The van der Waals surface area contributed by atoms with Gasteiger partial charge in [-0.2, -0.15) is 0 Å². The second-order valence-electron chi connectivity index (χ2n) is 5.74. The molecule has 0 atom stereocenters. The van der Waals surface area contributed by atoms with Crippen molar-refractivity contribution in [2.75, 3.05) is 5.32 Å². The van der Waals surface area contributed by atoms with E-state index in [1.165, 1.54) is 11.3 Å². The molecule has 24 heavy (non-hydrogen) atoms. The molecule has 0 fully saturated rings. The molecule has 0 saturated heterocycles. The number of rotatable bonds is 4. The molecule has 3 nitrogen and oxygen atoms in total. The first-order valence-electron chi connectivity index (χ1n) is 7.57. The van der Waals surface area contributed by atoms with Gasteiger partial charge >= 0.3 is 0 Å². The number of hydrogen-bond donors (Lipinski definition) is 1. The van der Waals surface area contributed by atoms with Gasteiger partial charge in [0.15, 0.2) is 5.13 Å². The molecule has 3 rings (SSSR count). The summed E-state index contributed by atoms with van der Waals surface area (Å²) >= 11 is 9.25. The second-order valence-corrected chi connectivity index (χ2v) is 8.85. The summed E-state index contributed by atoms with van der Waals surface area (Å²) in [6.45, 7) is 6.23. The third kappa shape index (κ3) is 3.91. The number of aromatic nitrogens is 1. The Morgan fingerprint density at radius 3 is 2.83 bits per heavy atom. The summed E-state index contributed by atoms with van der Waals surface area (Å²) in [7, 11) is 0. The first-order valence-corrected chi connectivity index (χ1v) is 9.64. The molecular weight excluding hydrogens is 360 g/mol. The van der Waals surface area contributed by atoms with E-state index in [1.54, 1.807) is 11.8 Å². The molecule has 0 aliphatic rings. The predicted octanol–water partition coefficient (Wildman–Crippen LogP) is 6.01. The Morgan fingerprint density at radius 2 is 2.08 bits per heavy atom. The Bertz CT molecular complexity index is 905. The molecule has 124 valence electrons. The smallest absolute Gasteiger partial charge is 0.257 e. The zero-order chi connectivity index (χ0) is 17.3. The number of benzene rings is 2. The lowest BCUT2D eigenvalue weighted by Crippen LogP contribution is -2.11. The molecule has 6 heteroatoms. The highest BCUT2D eigenvalue weighted by Gasteiger charge is 2.12. The average Bonchev–Trinajstić information content (AvgIpc) is 2.89. The molecule has 1 amide bonds. The lowest BCUT2D eigenvalue weighted by atomic mass is 10.2. The fourth-order valence-electron chi connectivity index (χ4n) is 2.36. The minimum Gasteiger partial charge on any atom is -0.298 e. The number of amides is 1. The molecule has 1 heterocycles. The first-order chi connectivity index (χ1) is 11.4. The topological polar surface area (TPSA) is 42.0 Å². The lowest BCUT2D eigenvalue weighted by Gasteiger charge is -2.07. The van der Waals surface area contributed by atoms with Gasteiger partial charge in [-0.15, -0.1) is 11.8 Å². The number of thiazole rings is 1. The van der Waals surface area contributed by atoms with Crippen molar-refractivity contribution in [3.8, 4) is 0 Å². The summed E-state index contributed by atoms with van der Waals surface area (Å²) in [5, 5.41) is 4.63. The van der Waals surface area contributed by atoms with Crippen molar-refractivity contribution in [3.05, 3.63) is 52.5 Å². The van der Waals surface area contributed by atoms with Crippen LogP contribution in [0.2, 0.25) is 5.02 Å². The number of carbonyl (C=O) groups is 1. The van der Waals surface area contributed by atoms with Crippen LogP contribution < -0.4 is 5.32 Å². The Kier molecular flexibility index (Phi) is 5.13. The maximum absolute atomic E-state index is 12.5. The molecule has 1 aromatic heterocycles. The summed E-state index contributed by atoms with van der Waals surface area (Å²) in [6, 6.07) is 11.4. The van der Waals surface area contributed by atoms with Crippen molar-refractivity contribution in [3.63, 3.8) is 0 Å². The van der Waals surface area contributed by atoms with Gasteiger partial charge in [0.1, 0.15) is 0 Å². The van der Waals surface area contributed by atoms with Crippen molar-refractivity contribution in [2.24, 2.45) is 0 Å². The molecule has 1 N–H and O–H groups in total. The van der Waals surface area contributed by atoms with Gasteiger partial charge in [-0.3, -0.25) is 10.1 Å². The second kappa shape index (κ2) is 7.13. The zero-order valence-electron chi connectivity index (χ0n) is 13.6. The molecular formula is C18H17ClN2OS2. The highest BCUT2D eigenvalue weighted by atomic mass is 35.5. The number of aryl methyl sites for hydroxylation is 1. The fourth-order valence-corrected chi connectivity index (χ4v) is 4.57. The van der Waals surface area contributed by atoms with E-state index >= 15 is 0 Å². The standard InChI is InChI=1S/C18H17ClN2OS2/c1-10(2)23-14-6-4-5-12(8-14)17(22)21-18-20-16-11(3)7-13(19)9-15(16)24-18/h4-10H,1-3H3,(H,20,21,22). The SMILES string of the molecule is Cc1cc(Cl)cc2sc(NC(=O)c3cccc(SC(C)C)c3)nc12. The van der Waals surface area contributed by atoms with Gasteiger partial charge in [-0.05, 0) is 42.8 Å². The molecule has 0 saturated carbocycles. The van der Waals surface area contributed by atoms with E-state index in [0.29, 0.717) is 21.0 Å². The van der Waals surface area contributed by atoms with Gasteiger partial charge in [0.25, 0.3) is 5.91 Å². The monoisotopic (exact) mass is 376 g/mol. The summed E-state index contributed by atoms with van der Waals surface area (Å²) in [4.78, 5) is 18.1. The molecule has 0 unspecified atom stereocenters. The number of nitrogens with zero attached hydrogens (tertiary/aromatic N) is 1. The van der Waals surface area contributed by atoms with E-state index in [-0.39, 0.29) is 5.91 Å². The number of carbonyl (C=O) groups excluding carboxylic acids is 1. The Hall–Kier alpha value is -1.56. The number of thioether (sulfide) groups is 1. The van der Waals surface area contributed by atoms with Crippen LogP contribution in [-0.4, -0.2) is 16.1 Å². The van der Waals surface area contributed by atoms with Gasteiger partial charge in [-0.1, -0.05) is 42.9 Å². The molecule has 0 radical (unpaired) electrons. The Morgan fingerprint density at radius 1 is 1.29 bits per heavy atom. The minimum atomic E-state index is -0.149. The van der Waals surface area contributed by atoms with Crippen molar-refractivity contribution < 1.29 is 4.79 Å². The van der Waals surface area contributed by atoms with E-state index in [9.17, 15) is 4.79 Å². The summed E-state index contributed by atoms with van der Waals surface area (Å²) in [5.41, 5.74) is 2.52. The Labute approximate surface area is 154 Å². The molecule has 0 aliphatic heterocycles. The number of anilines is 1. The quantitative estimate of drug-likeness (QED) is 0.567. The van der Waals surface area contributed by atoms with Crippen LogP contribution >= 0.6 is 34.7 Å². The minimum absolute atomic E-state index is 0.149. The molecule has 3 aromatic rings. The predicted molar refractivity (Wildman–Crippen MR) is 105 cm³/mol.